The molecule has 0 aromatic carbocycles. The number of carbonyl (C=O) groups excluding carboxylic acids is 4. The lowest BCUT2D eigenvalue weighted by molar-refractivity contribution is -0.671. The van der Waals surface area contributed by atoms with E-state index in [1.807, 2.05) is 36.1 Å². The number of carboxylic acids is 1. The van der Waals surface area contributed by atoms with Crippen LogP contribution in [-0.2, 0) is 32.8 Å². The van der Waals surface area contributed by atoms with E-state index in [1.165, 1.54) is 23.2 Å². The first-order valence-electron chi connectivity index (χ1n) is 11.8. The molecule has 3 aliphatic rings. The van der Waals surface area contributed by atoms with Gasteiger partial charge in [-0.25, -0.2) is 9.55 Å². The number of pyridine rings is 1. The Hall–Kier alpha value is -4.24. The lowest BCUT2D eigenvalue weighted by Crippen LogP contribution is -2.71. The monoisotopic (exact) mass is 569 g/mol. The van der Waals surface area contributed by atoms with Crippen molar-refractivity contribution < 1.29 is 34.1 Å². The van der Waals surface area contributed by atoms with Crippen molar-refractivity contribution in [3.63, 3.8) is 0 Å². The molecule has 2 fully saturated rings. The Balaban J connectivity index is 1.31. The van der Waals surface area contributed by atoms with Crippen LogP contribution in [0.1, 0.15) is 17.7 Å². The lowest BCUT2D eigenvalue weighted by Gasteiger charge is -2.50. The predicted octanol–water partition coefficient (Wildman–Crippen LogP) is -1.51. The van der Waals surface area contributed by atoms with Crippen LogP contribution in [0.2, 0.25) is 0 Å². The third kappa shape index (κ3) is 4.97. The summed E-state index contributed by atoms with van der Waals surface area (Å²) in [5.41, 5.74) is 6.57. The zero-order valence-corrected chi connectivity index (χ0v) is 22.2. The Labute approximate surface area is 230 Å². The molecule has 39 heavy (non-hydrogen) atoms. The molecule has 202 valence electrons. The molecule has 5 rings (SSSR count). The van der Waals surface area contributed by atoms with Crippen LogP contribution in [0.25, 0.3) is 0 Å². The molecule has 0 unspecified atom stereocenters. The normalized spacial score (nSPS) is 22.3. The average Bonchev–Trinajstić information content (AvgIpc) is 3.49. The fourth-order valence-corrected chi connectivity index (χ4v) is 6.44. The number of amides is 3. The maximum absolute atomic E-state index is 13.0. The molecule has 4 N–H and O–H groups in total. The summed E-state index contributed by atoms with van der Waals surface area (Å²) in [6.07, 6.45) is 5.76. The Morgan fingerprint density at radius 2 is 2.10 bits per heavy atom. The van der Waals surface area contributed by atoms with Crippen molar-refractivity contribution >= 4 is 57.6 Å². The first-order chi connectivity index (χ1) is 18.7. The number of thioether (sulfide) groups is 1. The fourth-order valence-electron chi connectivity index (χ4n) is 4.58. The summed E-state index contributed by atoms with van der Waals surface area (Å²) in [7, 11) is 1.90. The standard InChI is InChI=1S/C24H23N7O6S2/c1-29-5-2-12(3-6-29)9-30-7-4-13(20(30)33)8-14-10-38-22-17(21(34)31(22)18(14)23(35)36)27-19(32)16(28-37)15-11-39-24(25)26-15/h2-3,5-6,8,11,17,22H,4,7,9-10H2,1H3,(H4-,25,26,27,32,35,36,37)/b13-8+/t17-,22-/m1/s1. The summed E-state index contributed by atoms with van der Waals surface area (Å²) >= 11 is 2.28. The number of anilines is 1. The lowest BCUT2D eigenvalue weighted by atomic mass is 10.0. The minimum Gasteiger partial charge on any atom is -0.543 e. The van der Waals surface area contributed by atoms with Gasteiger partial charge in [-0.2, -0.15) is 0 Å². The smallest absolute Gasteiger partial charge is 0.276 e. The minimum absolute atomic E-state index is 0.0400. The first kappa shape index (κ1) is 26.4. The molecular formula is C24H23N7O6S2. The molecule has 0 saturated carbocycles. The van der Waals surface area contributed by atoms with Crippen molar-refractivity contribution in [2.45, 2.75) is 24.4 Å². The largest absolute Gasteiger partial charge is 0.543 e. The van der Waals surface area contributed by atoms with E-state index in [0.717, 1.165) is 21.8 Å². The number of hydrogen-bond donors (Lipinski definition) is 3. The van der Waals surface area contributed by atoms with E-state index in [0.29, 0.717) is 30.7 Å². The van der Waals surface area contributed by atoms with E-state index in [2.05, 4.69) is 15.5 Å². The second-order valence-electron chi connectivity index (χ2n) is 9.06. The number of aliphatic carboxylic acids is 1. The molecule has 2 atom stereocenters. The number of fused-ring (bicyclic) bond motifs is 1. The number of β-lactam (4-membered cyclic amide) rings is 1. The summed E-state index contributed by atoms with van der Waals surface area (Å²) in [6, 6.07) is 2.79. The number of thiazole rings is 1. The maximum atomic E-state index is 13.0. The van der Waals surface area contributed by atoms with E-state index >= 15 is 0 Å². The second kappa shape index (κ2) is 10.5. The van der Waals surface area contributed by atoms with Crippen LogP contribution in [0.4, 0.5) is 5.13 Å². The van der Waals surface area contributed by atoms with E-state index < -0.39 is 34.9 Å². The van der Waals surface area contributed by atoms with Gasteiger partial charge in [0.25, 0.3) is 11.8 Å². The number of nitrogens with one attached hydrogen (secondary N) is 1. The molecule has 5 heterocycles. The SMILES string of the molecule is C[n+]1ccc(CN2CC/C(=C\C3=C(C(=O)[O-])N4C(=O)[C@@H](NC(=O)/C(=N\O)c5csc(N)n5)[C@H]4SC3)C2=O)cc1. The summed E-state index contributed by atoms with van der Waals surface area (Å²) in [4.78, 5) is 57.4. The highest BCUT2D eigenvalue weighted by molar-refractivity contribution is 8.00. The summed E-state index contributed by atoms with van der Waals surface area (Å²) in [5.74, 6) is -3.10. The number of aromatic nitrogens is 2. The van der Waals surface area contributed by atoms with Crippen LogP contribution in [0.5, 0.6) is 0 Å². The Morgan fingerprint density at radius 3 is 2.74 bits per heavy atom. The molecule has 2 aromatic heterocycles. The number of carboxylic acid groups (broad SMARTS) is 1. The van der Waals surface area contributed by atoms with Crippen molar-refractivity contribution in [1.82, 2.24) is 20.1 Å². The molecule has 0 aliphatic carbocycles. The molecule has 3 amide bonds. The third-order valence-corrected chi connectivity index (χ3v) is 8.52. The van der Waals surface area contributed by atoms with Crippen LogP contribution in [0.15, 0.2) is 58.0 Å². The Bertz CT molecular complexity index is 1470. The predicted molar refractivity (Wildman–Crippen MR) is 138 cm³/mol. The van der Waals surface area contributed by atoms with Gasteiger partial charge in [-0.3, -0.25) is 19.3 Å². The van der Waals surface area contributed by atoms with Crippen molar-refractivity contribution in [3.05, 3.63) is 64.1 Å². The van der Waals surface area contributed by atoms with E-state index in [9.17, 15) is 29.5 Å². The van der Waals surface area contributed by atoms with Crippen molar-refractivity contribution in [3.8, 4) is 0 Å². The number of hydrogen-bond acceptors (Lipinski definition) is 11. The Kier molecular flexibility index (Phi) is 7.10. The van der Waals surface area contributed by atoms with Crippen LogP contribution < -0.4 is 20.7 Å². The number of carbonyl (C=O) groups is 4. The van der Waals surface area contributed by atoms with Gasteiger partial charge < -0.3 is 31.1 Å². The van der Waals surface area contributed by atoms with Gasteiger partial charge in [-0.05, 0) is 23.6 Å². The van der Waals surface area contributed by atoms with E-state index in [-0.39, 0.29) is 28.2 Å². The van der Waals surface area contributed by atoms with Gasteiger partial charge in [-0.15, -0.1) is 23.1 Å². The summed E-state index contributed by atoms with van der Waals surface area (Å²) in [5, 5.41) is 27.7. The quantitative estimate of drug-likeness (QED) is 0.0890. The molecule has 0 spiro atoms. The van der Waals surface area contributed by atoms with Crippen LogP contribution in [-0.4, -0.2) is 73.1 Å². The summed E-state index contributed by atoms with van der Waals surface area (Å²) < 4.78 is 1.89. The van der Waals surface area contributed by atoms with Gasteiger partial charge in [0.1, 0.15) is 24.2 Å². The number of oxime groups is 1. The Morgan fingerprint density at radius 1 is 1.36 bits per heavy atom. The van der Waals surface area contributed by atoms with Crippen LogP contribution in [0, 0.1) is 0 Å². The van der Waals surface area contributed by atoms with Crippen LogP contribution in [0.3, 0.4) is 0 Å². The minimum atomic E-state index is -1.56. The number of nitrogens with zero attached hydrogens (tertiary/aromatic N) is 5. The number of aryl methyl sites for hydroxylation is 1. The molecule has 2 aromatic rings. The molecule has 0 bridgehead atoms. The number of nitrogen functional groups attached to an aromatic ring is 1. The summed E-state index contributed by atoms with van der Waals surface area (Å²) in [6.45, 7) is 0.921. The molecule has 15 heteroatoms. The molecule has 2 saturated heterocycles. The number of nitrogens with two attached hydrogens (primary N) is 1. The van der Waals surface area contributed by atoms with Crippen molar-refractivity contribution in [2.24, 2.45) is 12.2 Å². The topological polar surface area (TPSA) is 185 Å². The first-order valence-corrected chi connectivity index (χ1v) is 13.7. The zero-order chi connectivity index (χ0) is 27.8. The number of allylic oxidation sites excluding steroid dienone is 1. The highest BCUT2D eigenvalue weighted by atomic mass is 32.2. The van der Waals surface area contributed by atoms with Crippen molar-refractivity contribution in [1.29, 1.82) is 0 Å². The number of likely N-dealkylation sites (tertiary alicyclic amines) is 1. The highest BCUT2D eigenvalue weighted by Crippen LogP contribution is 2.41. The fraction of sp³-hybridized carbons (Fsp3) is 0.292. The highest BCUT2D eigenvalue weighted by Gasteiger charge is 2.53. The van der Waals surface area contributed by atoms with Gasteiger partial charge in [0.2, 0.25) is 5.91 Å². The molecule has 13 nitrogen and oxygen atoms in total. The van der Waals surface area contributed by atoms with Gasteiger partial charge in [-0.1, -0.05) is 5.16 Å². The number of rotatable bonds is 7. The molecular weight excluding hydrogens is 546 g/mol. The third-order valence-electron chi connectivity index (χ3n) is 6.54. The van der Waals surface area contributed by atoms with E-state index in [1.54, 1.807) is 4.90 Å². The average molecular weight is 570 g/mol. The van der Waals surface area contributed by atoms with E-state index in [4.69, 9.17) is 5.73 Å². The zero-order valence-electron chi connectivity index (χ0n) is 20.6. The second-order valence-corrected chi connectivity index (χ2v) is 11.1. The van der Waals surface area contributed by atoms with Crippen LogP contribution >= 0.6 is 23.1 Å². The van der Waals surface area contributed by atoms with Gasteiger partial charge in [0.05, 0.1) is 11.7 Å². The van der Waals surface area contributed by atoms with Crippen molar-refractivity contribution in [2.75, 3.05) is 18.0 Å². The molecule has 3 aliphatic heterocycles. The van der Waals surface area contributed by atoms with Gasteiger partial charge >= 0.3 is 0 Å². The maximum Gasteiger partial charge on any atom is 0.276 e. The van der Waals surface area contributed by atoms with Gasteiger partial charge in [0, 0.05) is 41.9 Å². The van der Waals surface area contributed by atoms with Gasteiger partial charge in [0.15, 0.2) is 23.2 Å². The molecule has 0 radical (unpaired) electrons.